The minimum Gasteiger partial charge on any atom is -0.324 e. The monoisotopic (exact) mass is 478 g/mol. The zero-order valence-electron chi connectivity index (χ0n) is 15.4. The van der Waals surface area contributed by atoms with E-state index in [4.69, 9.17) is 11.6 Å². The van der Waals surface area contributed by atoms with Crippen molar-refractivity contribution in [2.45, 2.75) is 31.5 Å². The fraction of sp³-hybridized carbons (Fsp3) is 0.250. The highest BCUT2D eigenvalue weighted by atomic mass is 79.9. The van der Waals surface area contributed by atoms with Crippen molar-refractivity contribution in [1.82, 2.24) is 14.8 Å². The number of halogens is 2. The SMILES string of the molecule is CCn1c(CCc2ccccc2)nnc1SCC(=O)Nc1ccc(Br)cc1Cl. The summed E-state index contributed by atoms with van der Waals surface area (Å²) in [5.74, 6) is 1.04. The van der Waals surface area contributed by atoms with Gasteiger partial charge in [0.15, 0.2) is 5.16 Å². The Morgan fingerprint density at radius 1 is 1.18 bits per heavy atom. The van der Waals surface area contributed by atoms with Crippen molar-refractivity contribution in [2.24, 2.45) is 0 Å². The number of hydrogen-bond acceptors (Lipinski definition) is 4. The molecule has 8 heteroatoms. The number of nitrogens with one attached hydrogen (secondary N) is 1. The molecule has 1 aromatic heterocycles. The van der Waals surface area contributed by atoms with Gasteiger partial charge in [0.05, 0.1) is 16.5 Å². The van der Waals surface area contributed by atoms with E-state index in [0.717, 1.165) is 34.8 Å². The molecule has 2 aromatic carbocycles. The second-order valence-electron chi connectivity index (χ2n) is 6.09. The van der Waals surface area contributed by atoms with E-state index in [1.54, 1.807) is 12.1 Å². The number of amides is 1. The van der Waals surface area contributed by atoms with Gasteiger partial charge in [0, 0.05) is 17.4 Å². The van der Waals surface area contributed by atoms with Gasteiger partial charge in [0.2, 0.25) is 5.91 Å². The Hall–Kier alpha value is -1.83. The van der Waals surface area contributed by atoms with Gasteiger partial charge in [0.1, 0.15) is 5.82 Å². The standard InChI is InChI=1S/C20H20BrClN4OS/c1-2-26-18(11-8-14-6-4-3-5-7-14)24-25-20(26)28-13-19(27)23-17-10-9-15(21)12-16(17)22/h3-7,9-10,12H,2,8,11,13H2,1H3,(H,23,27). The van der Waals surface area contributed by atoms with Crippen LogP contribution in [0.15, 0.2) is 58.2 Å². The Morgan fingerprint density at radius 3 is 2.68 bits per heavy atom. The quantitative estimate of drug-likeness (QED) is 0.449. The van der Waals surface area contributed by atoms with Crippen LogP contribution in [0.4, 0.5) is 5.69 Å². The number of nitrogens with zero attached hydrogens (tertiary/aromatic N) is 3. The predicted molar refractivity (Wildman–Crippen MR) is 118 cm³/mol. The van der Waals surface area contributed by atoms with E-state index in [0.29, 0.717) is 10.7 Å². The number of hydrogen-bond donors (Lipinski definition) is 1. The van der Waals surface area contributed by atoms with Crippen molar-refractivity contribution in [3.05, 3.63) is 69.4 Å². The van der Waals surface area contributed by atoms with Crippen LogP contribution < -0.4 is 5.32 Å². The summed E-state index contributed by atoms with van der Waals surface area (Å²) in [6.07, 6.45) is 1.72. The zero-order valence-corrected chi connectivity index (χ0v) is 18.5. The van der Waals surface area contributed by atoms with Gasteiger partial charge in [-0.05, 0) is 37.1 Å². The lowest BCUT2D eigenvalue weighted by molar-refractivity contribution is -0.113. The van der Waals surface area contributed by atoms with E-state index in [1.807, 2.05) is 24.3 Å². The largest absolute Gasteiger partial charge is 0.324 e. The van der Waals surface area contributed by atoms with Gasteiger partial charge < -0.3 is 9.88 Å². The van der Waals surface area contributed by atoms with Gasteiger partial charge in [-0.3, -0.25) is 4.79 Å². The van der Waals surface area contributed by atoms with Crippen molar-refractivity contribution < 1.29 is 4.79 Å². The number of carbonyl (C=O) groups is 1. The van der Waals surface area contributed by atoms with Crippen LogP contribution in [0.2, 0.25) is 5.02 Å². The number of rotatable bonds is 8. The molecule has 0 atom stereocenters. The molecule has 1 amide bonds. The Morgan fingerprint density at radius 2 is 1.96 bits per heavy atom. The topological polar surface area (TPSA) is 59.8 Å². The van der Waals surface area contributed by atoms with Crippen LogP contribution in [0.5, 0.6) is 0 Å². The zero-order chi connectivity index (χ0) is 19.9. The fourth-order valence-electron chi connectivity index (χ4n) is 2.74. The molecule has 0 saturated carbocycles. The van der Waals surface area contributed by atoms with Crippen molar-refractivity contribution >= 4 is 50.9 Å². The summed E-state index contributed by atoms with van der Waals surface area (Å²) >= 11 is 10.9. The molecule has 3 aromatic rings. The summed E-state index contributed by atoms with van der Waals surface area (Å²) in [4.78, 5) is 12.3. The van der Waals surface area contributed by atoms with Crippen molar-refractivity contribution in [2.75, 3.05) is 11.1 Å². The molecule has 0 aliphatic carbocycles. The smallest absolute Gasteiger partial charge is 0.234 e. The number of aromatic nitrogens is 3. The molecule has 0 aliphatic heterocycles. The van der Waals surface area contributed by atoms with E-state index in [-0.39, 0.29) is 11.7 Å². The van der Waals surface area contributed by atoms with Gasteiger partial charge in [-0.25, -0.2) is 0 Å². The van der Waals surface area contributed by atoms with Gasteiger partial charge in [0.25, 0.3) is 0 Å². The molecule has 28 heavy (non-hydrogen) atoms. The van der Waals surface area contributed by atoms with Gasteiger partial charge >= 0.3 is 0 Å². The number of aryl methyl sites for hydroxylation is 2. The van der Waals surface area contributed by atoms with E-state index in [9.17, 15) is 4.79 Å². The lowest BCUT2D eigenvalue weighted by Gasteiger charge is -2.09. The van der Waals surface area contributed by atoms with Crippen LogP contribution in [-0.2, 0) is 24.2 Å². The molecule has 3 rings (SSSR count). The number of benzene rings is 2. The van der Waals surface area contributed by atoms with E-state index >= 15 is 0 Å². The van der Waals surface area contributed by atoms with Crippen LogP contribution in [0.3, 0.4) is 0 Å². The maximum atomic E-state index is 12.3. The lowest BCUT2D eigenvalue weighted by Crippen LogP contribution is -2.15. The highest BCUT2D eigenvalue weighted by Gasteiger charge is 2.14. The molecule has 0 spiro atoms. The van der Waals surface area contributed by atoms with Crippen molar-refractivity contribution in [3.63, 3.8) is 0 Å². The molecule has 0 radical (unpaired) electrons. The highest BCUT2D eigenvalue weighted by Crippen LogP contribution is 2.26. The third kappa shape index (κ3) is 5.59. The second kappa shape index (κ2) is 10.1. The van der Waals surface area contributed by atoms with Crippen LogP contribution in [0.25, 0.3) is 0 Å². The molecule has 0 unspecified atom stereocenters. The van der Waals surface area contributed by atoms with Crippen molar-refractivity contribution in [1.29, 1.82) is 0 Å². The first-order chi connectivity index (χ1) is 13.6. The van der Waals surface area contributed by atoms with Crippen LogP contribution in [-0.4, -0.2) is 26.4 Å². The molecular weight excluding hydrogens is 460 g/mol. The number of thioether (sulfide) groups is 1. The Bertz CT molecular complexity index is 949. The molecule has 0 bridgehead atoms. The molecule has 0 fully saturated rings. The summed E-state index contributed by atoms with van der Waals surface area (Å²) in [6, 6.07) is 15.7. The van der Waals surface area contributed by atoms with Crippen LogP contribution >= 0.6 is 39.3 Å². The summed E-state index contributed by atoms with van der Waals surface area (Å²) in [7, 11) is 0. The molecule has 0 aliphatic rings. The third-order valence-electron chi connectivity index (χ3n) is 4.13. The molecule has 146 valence electrons. The molecular formula is C20H20BrClN4OS. The molecule has 0 saturated heterocycles. The minimum atomic E-state index is -0.134. The fourth-order valence-corrected chi connectivity index (χ4v) is 4.28. The van der Waals surface area contributed by atoms with Gasteiger partial charge in [-0.15, -0.1) is 10.2 Å². The summed E-state index contributed by atoms with van der Waals surface area (Å²) in [5, 5.41) is 12.7. The summed E-state index contributed by atoms with van der Waals surface area (Å²) < 4.78 is 2.93. The van der Waals surface area contributed by atoms with Gasteiger partial charge in [-0.1, -0.05) is 69.6 Å². The second-order valence-corrected chi connectivity index (χ2v) is 8.36. The van der Waals surface area contributed by atoms with E-state index < -0.39 is 0 Å². The van der Waals surface area contributed by atoms with Crippen LogP contribution in [0.1, 0.15) is 18.3 Å². The summed E-state index contributed by atoms with van der Waals surface area (Å²) in [5.41, 5.74) is 1.86. The normalized spacial score (nSPS) is 10.8. The third-order valence-corrected chi connectivity index (χ3v) is 5.90. The number of carbonyl (C=O) groups excluding carboxylic acids is 1. The number of anilines is 1. The average molecular weight is 480 g/mol. The molecule has 1 heterocycles. The van der Waals surface area contributed by atoms with E-state index in [2.05, 4.69) is 55.1 Å². The Balaban J connectivity index is 1.58. The Labute approximate surface area is 182 Å². The maximum Gasteiger partial charge on any atom is 0.234 e. The highest BCUT2D eigenvalue weighted by molar-refractivity contribution is 9.10. The lowest BCUT2D eigenvalue weighted by atomic mass is 10.1. The first-order valence-corrected chi connectivity index (χ1v) is 11.1. The minimum absolute atomic E-state index is 0.134. The Kier molecular flexibility index (Phi) is 7.53. The van der Waals surface area contributed by atoms with Gasteiger partial charge in [-0.2, -0.15) is 0 Å². The maximum absolute atomic E-state index is 12.3. The van der Waals surface area contributed by atoms with Crippen molar-refractivity contribution in [3.8, 4) is 0 Å². The first kappa shape index (κ1) is 20.9. The summed E-state index contributed by atoms with van der Waals surface area (Å²) in [6.45, 7) is 2.82. The first-order valence-electron chi connectivity index (χ1n) is 8.90. The molecule has 1 N–H and O–H groups in total. The van der Waals surface area contributed by atoms with E-state index in [1.165, 1.54) is 17.3 Å². The predicted octanol–water partition coefficient (Wildman–Crippen LogP) is 5.23. The average Bonchev–Trinajstić information content (AvgIpc) is 3.09. The van der Waals surface area contributed by atoms with Crippen LogP contribution in [0, 0.1) is 0 Å². The molecule has 5 nitrogen and oxygen atoms in total.